The standard InChI is InChI=1S/C14H19NO4/c1-2-3-9-19-14(15-11-16,10-13(17)18)12-7-5-4-6-8-12/h4-8,11H,2-3,9-10H2,1H3,(H,15,16)(H,17,18). The first-order valence-electron chi connectivity index (χ1n) is 6.27. The molecule has 5 nitrogen and oxygen atoms in total. The quantitative estimate of drug-likeness (QED) is 0.406. The van der Waals surface area contributed by atoms with Crippen LogP contribution < -0.4 is 5.32 Å². The summed E-state index contributed by atoms with van der Waals surface area (Å²) in [5, 5.41) is 11.6. The van der Waals surface area contributed by atoms with E-state index in [2.05, 4.69) is 5.32 Å². The van der Waals surface area contributed by atoms with Crippen LogP contribution in [0.25, 0.3) is 0 Å². The van der Waals surface area contributed by atoms with E-state index in [4.69, 9.17) is 9.84 Å². The minimum absolute atomic E-state index is 0.320. The van der Waals surface area contributed by atoms with Crippen molar-refractivity contribution in [3.8, 4) is 0 Å². The number of benzene rings is 1. The monoisotopic (exact) mass is 265 g/mol. The van der Waals surface area contributed by atoms with Gasteiger partial charge in [-0.15, -0.1) is 0 Å². The van der Waals surface area contributed by atoms with Gasteiger partial charge in [0.05, 0.1) is 6.42 Å². The number of carboxylic acids is 1. The smallest absolute Gasteiger partial charge is 0.308 e. The number of hydrogen-bond acceptors (Lipinski definition) is 3. The lowest BCUT2D eigenvalue weighted by Crippen LogP contribution is -2.46. The molecule has 1 atom stereocenters. The van der Waals surface area contributed by atoms with E-state index in [9.17, 15) is 9.59 Å². The van der Waals surface area contributed by atoms with Crippen LogP contribution >= 0.6 is 0 Å². The Bertz CT molecular complexity index is 407. The molecule has 1 rings (SSSR count). The lowest BCUT2D eigenvalue weighted by molar-refractivity contribution is -0.152. The van der Waals surface area contributed by atoms with Gasteiger partial charge in [-0.2, -0.15) is 0 Å². The van der Waals surface area contributed by atoms with Crippen molar-refractivity contribution in [1.29, 1.82) is 0 Å². The summed E-state index contributed by atoms with van der Waals surface area (Å²) in [6, 6.07) is 8.86. The fourth-order valence-electron chi connectivity index (χ4n) is 1.82. The zero-order chi connectivity index (χ0) is 14.1. The Morgan fingerprint density at radius 1 is 1.42 bits per heavy atom. The molecule has 0 bridgehead atoms. The number of amides is 1. The number of rotatable bonds is 9. The first-order valence-corrected chi connectivity index (χ1v) is 6.27. The molecule has 0 aliphatic carbocycles. The molecule has 0 fully saturated rings. The molecule has 104 valence electrons. The first-order chi connectivity index (χ1) is 9.14. The van der Waals surface area contributed by atoms with Crippen LogP contribution in [0, 0.1) is 0 Å². The second-order valence-electron chi connectivity index (χ2n) is 4.23. The number of nitrogens with one attached hydrogen (secondary N) is 1. The topological polar surface area (TPSA) is 75.6 Å². The Labute approximate surface area is 112 Å². The Hall–Kier alpha value is -1.88. The molecule has 1 amide bonds. The van der Waals surface area contributed by atoms with Crippen LogP contribution in [0.5, 0.6) is 0 Å². The van der Waals surface area contributed by atoms with Gasteiger partial charge < -0.3 is 15.2 Å². The molecule has 2 N–H and O–H groups in total. The second-order valence-corrected chi connectivity index (χ2v) is 4.23. The van der Waals surface area contributed by atoms with Gasteiger partial charge in [-0.1, -0.05) is 43.7 Å². The lowest BCUT2D eigenvalue weighted by Gasteiger charge is -2.32. The molecule has 5 heteroatoms. The predicted molar refractivity (Wildman–Crippen MR) is 70.4 cm³/mol. The number of ether oxygens (including phenoxy) is 1. The zero-order valence-corrected chi connectivity index (χ0v) is 11.0. The summed E-state index contributed by atoms with van der Waals surface area (Å²) in [6.07, 6.45) is 1.88. The summed E-state index contributed by atoms with van der Waals surface area (Å²) in [5.74, 6) is -1.03. The maximum Gasteiger partial charge on any atom is 0.308 e. The molecule has 1 aromatic carbocycles. The summed E-state index contributed by atoms with van der Waals surface area (Å²) < 4.78 is 5.68. The summed E-state index contributed by atoms with van der Waals surface area (Å²) in [7, 11) is 0. The Balaban J connectivity index is 3.03. The van der Waals surface area contributed by atoms with Crippen molar-refractivity contribution in [3.63, 3.8) is 0 Å². The first kappa shape index (κ1) is 15.2. The Kier molecular flexibility index (Phi) is 6.02. The van der Waals surface area contributed by atoms with Crippen molar-refractivity contribution < 1.29 is 19.4 Å². The van der Waals surface area contributed by atoms with E-state index in [1.807, 2.05) is 13.0 Å². The predicted octanol–water partition coefficient (Wildman–Crippen LogP) is 1.88. The van der Waals surface area contributed by atoms with Gasteiger partial charge in [-0.3, -0.25) is 9.59 Å². The van der Waals surface area contributed by atoms with E-state index < -0.39 is 11.7 Å². The maximum absolute atomic E-state index is 11.1. The van der Waals surface area contributed by atoms with Gasteiger partial charge in [-0.25, -0.2) is 0 Å². The fraction of sp³-hybridized carbons (Fsp3) is 0.429. The van der Waals surface area contributed by atoms with Gasteiger partial charge >= 0.3 is 5.97 Å². The number of hydrogen-bond donors (Lipinski definition) is 2. The number of unbranched alkanes of at least 4 members (excludes halogenated alkanes) is 1. The maximum atomic E-state index is 11.1. The molecular weight excluding hydrogens is 246 g/mol. The highest BCUT2D eigenvalue weighted by molar-refractivity contribution is 5.69. The number of aliphatic carboxylic acids is 1. The molecule has 0 aliphatic heterocycles. The third-order valence-corrected chi connectivity index (χ3v) is 2.78. The SMILES string of the molecule is CCCCOC(CC(=O)O)(NC=O)c1ccccc1. The van der Waals surface area contributed by atoms with Crippen molar-refractivity contribution in [3.05, 3.63) is 35.9 Å². The molecule has 0 saturated heterocycles. The molecular formula is C14H19NO4. The molecule has 0 heterocycles. The highest BCUT2D eigenvalue weighted by atomic mass is 16.5. The van der Waals surface area contributed by atoms with E-state index in [1.54, 1.807) is 24.3 Å². The molecule has 1 unspecified atom stereocenters. The largest absolute Gasteiger partial charge is 0.481 e. The molecule has 0 radical (unpaired) electrons. The van der Waals surface area contributed by atoms with Gasteiger partial charge in [0.15, 0.2) is 5.72 Å². The average Bonchev–Trinajstić information content (AvgIpc) is 2.39. The van der Waals surface area contributed by atoms with Crippen LogP contribution in [0.1, 0.15) is 31.7 Å². The third-order valence-electron chi connectivity index (χ3n) is 2.78. The summed E-state index contributed by atoms with van der Waals surface area (Å²) in [6.45, 7) is 2.40. The fourth-order valence-corrected chi connectivity index (χ4v) is 1.82. The molecule has 0 aromatic heterocycles. The molecule has 1 aromatic rings. The number of carbonyl (C=O) groups is 2. The van der Waals surface area contributed by atoms with Gasteiger partial charge in [0.2, 0.25) is 6.41 Å². The van der Waals surface area contributed by atoms with Crippen molar-refractivity contribution in [1.82, 2.24) is 5.32 Å². The van der Waals surface area contributed by atoms with Gasteiger partial charge in [0.25, 0.3) is 0 Å². The van der Waals surface area contributed by atoms with Crippen LogP contribution in [-0.2, 0) is 20.1 Å². The van der Waals surface area contributed by atoms with Crippen molar-refractivity contribution >= 4 is 12.4 Å². The van der Waals surface area contributed by atoms with Crippen LogP contribution in [-0.4, -0.2) is 24.1 Å². The van der Waals surface area contributed by atoms with E-state index in [-0.39, 0.29) is 6.42 Å². The number of carboxylic acid groups (broad SMARTS) is 1. The minimum atomic E-state index is -1.30. The van der Waals surface area contributed by atoms with Gasteiger partial charge in [0, 0.05) is 12.2 Å². The van der Waals surface area contributed by atoms with Crippen LogP contribution in [0.2, 0.25) is 0 Å². The van der Waals surface area contributed by atoms with Crippen LogP contribution in [0.3, 0.4) is 0 Å². The van der Waals surface area contributed by atoms with E-state index in [0.717, 1.165) is 12.8 Å². The van der Waals surface area contributed by atoms with E-state index >= 15 is 0 Å². The van der Waals surface area contributed by atoms with Crippen LogP contribution in [0.4, 0.5) is 0 Å². The van der Waals surface area contributed by atoms with Gasteiger partial charge in [-0.05, 0) is 6.42 Å². The van der Waals surface area contributed by atoms with Crippen molar-refractivity contribution in [2.24, 2.45) is 0 Å². The lowest BCUT2D eigenvalue weighted by atomic mass is 9.99. The van der Waals surface area contributed by atoms with Gasteiger partial charge in [0.1, 0.15) is 0 Å². The third kappa shape index (κ3) is 4.37. The highest BCUT2D eigenvalue weighted by Gasteiger charge is 2.35. The number of carbonyl (C=O) groups excluding carboxylic acids is 1. The molecule has 19 heavy (non-hydrogen) atoms. The Morgan fingerprint density at radius 3 is 2.63 bits per heavy atom. The van der Waals surface area contributed by atoms with Crippen LogP contribution in [0.15, 0.2) is 30.3 Å². The highest BCUT2D eigenvalue weighted by Crippen LogP contribution is 2.26. The normalized spacial score (nSPS) is 13.5. The Morgan fingerprint density at radius 2 is 2.11 bits per heavy atom. The van der Waals surface area contributed by atoms with Crippen molar-refractivity contribution in [2.45, 2.75) is 31.9 Å². The zero-order valence-electron chi connectivity index (χ0n) is 11.0. The molecule has 0 spiro atoms. The molecule has 0 aliphatic rings. The summed E-state index contributed by atoms with van der Waals surface area (Å²) in [4.78, 5) is 21.9. The summed E-state index contributed by atoms with van der Waals surface area (Å²) in [5.41, 5.74) is -0.676. The van der Waals surface area contributed by atoms with E-state index in [0.29, 0.717) is 18.6 Å². The molecule has 0 saturated carbocycles. The summed E-state index contributed by atoms with van der Waals surface area (Å²) >= 11 is 0. The van der Waals surface area contributed by atoms with Crippen molar-refractivity contribution in [2.75, 3.05) is 6.61 Å². The average molecular weight is 265 g/mol. The van der Waals surface area contributed by atoms with E-state index in [1.165, 1.54) is 0 Å². The minimum Gasteiger partial charge on any atom is -0.481 e. The second kappa shape index (κ2) is 7.53.